The van der Waals surface area contributed by atoms with Crippen LogP contribution in [0.3, 0.4) is 0 Å². The minimum absolute atomic E-state index is 0.0292. The lowest BCUT2D eigenvalue weighted by Gasteiger charge is -2.31. The first-order valence-electron chi connectivity index (χ1n) is 15.1. The zero-order chi connectivity index (χ0) is 28.5. The van der Waals surface area contributed by atoms with Crippen LogP contribution in [0.4, 0.5) is 0 Å². The fraction of sp³-hybridized carbons (Fsp3) is 0. The van der Waals surface area contributed by atoms with E-state index in [1.54, 1.807) is 0 Å². The molecule has 0 aliphatic carbocycles. The summed E-state index contributed by atoms with van der Waals surface area (Å²) in [6.45, 7) is -0.0292. The van der Waals surface area contributed by atoms with Crippen molar-refractivity contribution in [2.45, 2.75) is 0 Å². The SMILES string of the molecule is c1ccc2c3c(ccc2c1)B(c1cccc2c1oc1ccccc12)c1ccc2cccc4c2c1n-3c1nc2ccccc2n41. The monoisotopic (exact) mass is 559 g/mol. The van der Waals surface area contributed by atoms with Crippen LogP contribution in [-0.4, -0.2) is 20.7 Å². The van der Waals surface area contributed by atoms with Crippen LogP contribution < -0.4 is 16.4 Å². The molecule has 4 heterocycles. The number of benzene rings is 7. The van der Waals surface area contributed by atoms with Crippen LogP contribution >= 0.6 is 0 Å². The van der Waals surface area contributed by atoms with Crippen LogP contribution in [0.25, 0.3) is 77.0 Å². The van der Waals surface area contributed by atoms with E-state index in [-0.39, 0.29) is 6.71 Å². The molecule has 0 saturated carbocycles. The number of para-hydroxylation sites is 4. The maximum absolute atomic E-state index is 6.67. The molecule has 7 aromatic carbocycles. The number of aromatic nitrogens is 3. The van der Waals surface area contributed by atoms with Crippen molar-refractivity contribution in [3.8, 4) is 5.69 Å². The number of rotatable bonds is 1. The average molecular weight is 559 g/mol. The number of hydrogen-bond donors (Lipinski definition) is 0. The molecule has 0 atom stereocenters. The Morgan fingerprint density at radius 2 is 1.27 bits per heavy atom. The predicted octanol–water partition coefficient (Wildman–Crippen LogP) is 7.47. The number of imidazole rings is 1. The molecule has 0 unspecified atom stereocenters. The predicted molar refractivity (Wildman–Crippen MR) is 183 cm³/mol. The first-order chi connectivity index (χ1) is 21.8. The third-order valence-corrected chi connectivity index (χ3v) is 9.76. The molecule has 1 aliphatic rings. The van der Waals surface area contributed by atoms with E-state index in [4.69, 9.17) is 9.40 Å². The van der Waals surface area contributed by atoms with Crippen LogP contribution in [0.5, 0.6) is 0 Å². The van der Waals surface area contributed by atoms with Gasteiger partial charge in [-0.3, -0.25) is 8.97 Å². The molecule has 0 bridgehead atoms. The van der Waals surface area contributed by atoms with Crippen LogP contribution in [-0.2, 0) is 0 Å². The number of hydrogen-bond acceptors (Lipinski definition) is 2. The van der Waals surface area contributed by atoms with E-state index in [1.807, 2.05) is 6.07 Å². The first kappa shape index (κ1) is 22.7. The Labute approximate surface area is 251 Å². The van der Waals surface area contributed by atoms with Gasteiger partial charge in [0.05, 0.1) is 27.8 Å². The lowest BCUT2D eigenvalue weighted by Crippen LogP contribution is -2.56. The van der Waals surface area contributed by atoms with Crippen LogP contribution in [0, 0.1) is 0 Å². The first-order valence-corrected chi connectivity index (χ1v) is 15.1. The van der Waals surface area contributed by atoms with Crippen molar-refractivity contribution in [2.75, 3.05) is 0 Å². The van der Waals surface area contributed by atoms with Crippen molar-refractivity contribution in [1.29, 1.82) is 0 Å². The topological polar surface area (TPSA) is 35.4 Å². The van der Waals surface area contributed by atoms with E-state index in [0.717, 1.165) is 38.7 Å². The molecule has 202 valence electrons. The molecule has 1 aliphatic heterocycles. The number of furan rings is 1. The molecule has 3 aromatic heterocycles. The number of fused-ring (bicyclic) bond motifs is 12. The Morgan fingerprint density at radius 1 is 0.545 bits per heavy atom. The van der Waals surface area contributed by atoms with Gasteiger partial charge in [-0.2, -0.15) is 0 Å². The van der Waals surface area contributed by atoms with Crippen molar-refractivity contribution >= 4 is 94.4 Å². The van der Waals surface area contributed by atoms with Gasteiger partial charge in [-0.05, 0) is 51.4 Å². The largest absolute Gasteiger partial charge is 0.457 e. The second-order valence-corrected chi connectivity index (χ2v) is 11.9. The average Bonchev–Trinajstić information content (AvgIpc) is 3.66. The fourth-order valence-corrected chi connectivity index (χ4v) is 7.98. The smallest absolute Gasteiger partial charge is 0.251 e. The van der Waals surface area contributed by atoms with E-state index < -0.39 is 0 Å². The maximum atomic E-state index is 6.67. The molecule has 4 nitrogen and oxygen atoms in total. The Kier molecular flexibility index (Phi) is 4.12. The highest BCUT2D eigenvalue weighted by atomic mass is 16.3. The standard InChI is InChI=1S/C39H22BN3O/c1-2-11-25-23(9-1)19-21-28-36(25)43-37-29(40(28)30-14-8-13-27-26-12-3-6-18-34(26)44-38(27)30)22-20-24-10-7-17-33(35(24)37)42-32-16-5-4-15-31(32)41-39(42)43/h1-22H. The normalized spacial score (nSPS) is 13.0. The molecular weight excluding hydrogens is 537 g/mol. The van der Waals surface area contributed by atoms with E-state index in [1.165, 1.54) is 54.7 Å². The summed E-state index contributed by atoms with van der Waals surface area (Å²) in [6, 6.07) is 48.0. The van der Waals surface area contributed by atoms with Crippen molar-refractivity contribution in [2.24, 2.45) is 0 Å². The molecule has 44 heavy (non-hydrogen) atoms. The maximum Gasteiger partial charge on any atom is 0.251 e. The van der Waals surface area contributed by atoms with Crippen LogP contribution in [0.2, 0.25) is 0 Å². The summed E-state index contributed by atoms with van der Waals surface area (Å²) in [6.07, 6.45) is 0. The number of nitrogens with zero attached hydrogens (tertiary/aromatic N) is 3. The molecule has 10 aromatic rings. The molecule has 5 heteroatoms. The van der Waals surface area contributed by atoms with E-state index >= 15 is 0 Å². The summed E-state index contributed by atoms with van der Waals surface area (Å²) in [5.41, 5.74) is 11.2. The van der Waals surface area contributed by atoms with Gasteiger partial charge in [0.2, 0.25) is 5.78 Å². The van der Waals surface area contributed by atoms with Crippen LogP contribution in [0.1, 0.15) is 0 Å². The molecule has 0 amide bonds. The lowest BCUT2D eigenvalue weighted by atomic mass is 9.35. The summed E-state index contributed by atoms with van der Waals surface area (Å²) in [4.78, 5) is 5.32. The van der Waals surface area contributed by atoms with Gasteiger partial charge in [0.15, 0.2) is 0 Å². The molecule has 0 fully saturated rings. The second-order valence-electron chi connectivity index (χ2n) is 11.9. The molecule has 11 rings (SSSR count). The summed E-state index contributed by atoms with van der Waals surface area (Å²) >= 11 is 0. The molecule has 0 spiro atoms. The minimum atomic E-state index is -0.0292. The Bertz CT molecular complexity index is 2850. The van der Waals surface area contributed by atoms with Gasteiger partial charge in [-0.15, -0.1) is 0 Å². The quantitative estimate of drug-likeness (QED) is 0.196. The zero-order valence-electron chi connectivity index (χ0n) is 23.5. The zero-order valence-corrected chi connectivity index (χ0v) is 23.5. The Hall–Kier alpha value is -5.81. The van der Waals surface area contributed by atoms with Gasteiger partial charge in [-0.25, -0.2) is 4.98 Å². The highest BCUT2D eigenvalue weighted by Crippen LogP contribution is 2.37. The van der Waals surface area contributed by atoms with E-state index in [0.29, 0.717) is 0 Å². The minimum Gasteiger partial charge on any atom is -0.457 e. The van der Waals surface area contributed by atoms with Crippen molar-refractivity contribution in [1.82, 2.24) is 14.0 Å². The van der Waals surface area contributed by atoms with Crippen molar-refractivity contribution in [3.63, 3.8) is 0 Å². The van der Waals surface area contributed by atoms with Crippen molar-refractivity contribution < 1.29 is 4.42 Å². The summed E-state index contributed by atoms with van der Waals surface area (Å²) in [7, 11) is 0. The Balaban J connectivity index is 1.41. The molecular formula is C39H22BN3O. The van der Waals surface area contributed by atoms with E-state index in [2.05, 4.69) is 136 Å². The van der Waals surface area contributed by atoms with Gasteiger partial charge in [0.1, 0.15) is 11.2 Å². The molecule has 0 radical (unpaired) electrons. The third-order valence-electron chi connectivity index (χ3n) is 9.76. The molecule has 0 saturated heterocycles. The summed E-state index contributed by atoms with van der Waals surface area (Å²) < 4.78 is 11.5. The summed E-state index contributed by atoms with van der Waals surface area (Å²) in [5, 5.41) is 7.20. The third kappa shape index (κ3) is 2.69. The van der Waals surface area contributed by atoms with Gasteiger partial charge in [-0.1, -0.05) is 109 Å². The van der Waals surface area contributed by atoms with E-state index in [9.17, 15) is 0 Å². The highest BCUT2D eigenvalue weighted by molar-refractivity contribution is 6.99. The van der Waals surface area contributed by atoms with Crippen molar-refractivity contribution in [3.05, 3.63) is 133 Å². The van der Waals surface area contributed by atoms with Gasteiger partial charge >= 0.3 is 0 Å². The van der Waals surface area contributed by atoms with Gasteiger partial charge in [0, 0.05) is 21.5 Å². The Morgan fingerprint density at radius 3 is 2.25 bits per heavy atom. The van der Waals surface area contributed by atoms with Gasteiger partial charge in [0.25, 0.3) is 6.71 Å². The molecule has 0 N–H and O–H groups in total. The second kappa shape index (κ2) is 7.97. The van der Waals surface area contributed by atoms with Gasteiger partial charge < -0.3 is 4.42 Å². The lowest BCUT2D eigenvalue weighted by molar-refractivity contribution is 0.671. The van der Waals surface area contributed by atoms with Crippen LogP contribution in [0.15, 0.2) is 138 Å². The fourth-order valence-electron chi connectivity index (χ4n) is 7.98. The summed E-state index contributed by atoms with van der Waals surface area (Å²) in [5.74, 6) is 0.927. The highest BCUT2D eigenvalue weighted by Gasteiger charge is 2.36.